The molecule has 1 aliphatic rings. The molecule has 0 radical (unpaired) electrons. The Morgan fingerprint density at radius 2 is 1.83 bits per heavy atom. The Labute approximate surface area is 140 Å². The Morgan fingerprint density at radius 3 is 2.38 bits per heavy atom. The summed E-state index contributed by atoms with van der Waals surface area (Å²) < 4.78 is 5.39. The van der Waals surface area contributed by atoms with Crippen LogP contribution in [0.15, 0.2) is 24.3 Å². The molecule has 0 saturated carbocycles. The van der Waals surface area contributed by atoms with Crippen molar-refractivity contribution in [2.75, 3.05) is 6.54 Å². The smallest absolute Gasteiger partial charge is 0.410 e. The molecule has 1 heterocycles. The molecule has 0 spiro atoms. The largest absolute Gasteiger partial charge is 0.444 e. The molecule has 1 aliphatic heterocycles. The van der Waals surface area contributed by atoms with Crippen LogP contribution in [-0.2, 0) is 4.74 Å². The van der Waals surface area contributed by atoms with Gasteiger partial charge in [-0.1, -0.05) is 0 Å². The average molecular weight is 334 g/mol. The van der Waals surface area contributed by atoms with Gasteiger partial charge in [0.25, 0.3) is 5.69 Å². The lowest BCUT2D eigenvalue weighted by atomic mass is 9.94. The molecule has 24 heavy (non-hydrogen) atoms. The summed E-state index contributed by atoms with van der Waals surface area (Å²) in [5.41, 5.74) is -0.338. The zero-order chi connectivity index (χ0) is 17.9. The maximum Gasteiger partial charge on any atom is 0.410 e. The van der Waals surface area contributed by atoms with E-state index in [1.807, 2.05) is 0 Å². The number of amides is 1. The van der Waals surface area contributed by atoms with E-state index in [4.69, 9.17) is 4.74 Å². The minimum absolute atomic E-state index is 0.0702. The molecule has 0 bridgehead atoms. The number of non-ortho nitro benzene ring substituents is 1. The number of hydrogen-bond donors (Lipinski definition) is 0. The number of ether oxygens (including phenoxy) is 1. The highest BCUT2D eigenvalue weighted by molar-refractivity contribution is 6.01. The molecule has 1 fully saturated rings. The van der Waals surface area contributed by atoms with Crippen LogP contribution in [0.3, 0.4) is 0 Å². The van der Waals surface area contributed by atoms with Gasteiger partial charge < -0.3 is 4.74 Å². The maximum atomic E-state index is 12.7. The van der Waals surface area contributed by atoms with Crippen molar-refractivity contribution in [2.45, 2.75) is 51.7 Å². The lowest BCUT2D eigenvalue weighted by Gasteiger charge is -2.35. The van der Waals surface area contributed by atoms with Crippen molar-refractivity contribution in [3.8, 4) is 0 Å². The Hall–Kier alpha value is -2.44. The lowest BCUT2D eigenvalue weighted by Crippen LogP contribution is -2.49. The molecule has 1 aromatic carbocycles. The molecule has 1 amide bonds. The van der Waals surface area contributed by atoms with Crippen LogP contribution >= 0.6 is 0 Å². The van der Waals surface area contributed by atoms with Gasteiger partial charge in [0.15, 0.2) is 5.78 Å². The van der Waals surface area contributed by atoms with Crippen molar-refractivity contribution in [1.82, 2.24) is 4.90 Å². The van der Waals surface area contributed by atoms with Gasteiger partial charge >= 0.3 is 6.09 Å². The Balaban J connectivity index is 2.18. The average Bonchev–Trinajstić information content (AvgIpc) is 2.52. The summed E-state index contributed by atoms with van der Waals surface area (Å²) in [6.45, 7) is 5.81. The highest BCUT2D eigenvalue weighted by Gasteiger charge is 2.35. The van der Waals surface area contributed by atoms with Crippen molar-refractivity contribution < 1.29 is 19.2 Å². The number of hydrogen-bond acceptors (Lipinski definition) is 5. The molecule has 1 aromatic rings. The zero-order valence-corrected chi connectivity index (χ0v) is 14.2. The minimum atomic E-state index is -0.629. The Bertz CT molecular complexity index is 633. The second-order valence-electron chi connectivity index (χ2n) is 6.85. The normalized spacial score (nSPS) is 18.1. The topological polar surface area (TPSA) is 89.8 Å². The summed E-state index contributed by atoms with van der Waals surface area (Å²) in [6, 6.07) is 4.88. The molecule has 2 rings (SSSR count). The zero-order valence-electron chi connectivity index (χ0n) is 14.2. The van der Waals surface area contributed by atoms with Crippen molar-refractivity contribution in [3.05, 3.63) is 39.9 Å². The predicted octanol–water partition coefficient (Wildman–Crippen LogP) is 3.57. The summed E-state index contributed by atoms with van der Waals surface area (Å²) >= 11 is 0. The number of nitro groups is 1. The van der Waals surface area contributed by atoms with Gasteiger partial charge in [0.05, 0.1) is 11.0 Å². The Kier molecular flexibility index (Phi) is 5.21. The van der Waals surface area contributed by atoms with Crippen molar-refractivity contribution in [2.24, 2.45) is 0 Å². The number of benzene rings is 1. The van der Waals surface area contributed by atoms with Gasteiger partial charge in [0, 0.05) is 24.2 Å². The van der Waals surface area contributed by atoms with Crippen LogP contribution in [-0.4, -0.2) is 39.9 Å². The fraction of sp³-hybridized carbons (Fsp3) is 0.529. The third-order valence-electron chi connectivity index (χ3n) is 3.80. The summed E-state index contributed by atoms with van der Waals surface area (Å²) in [6.07, 6.45) is 1.74. The van der Waals surface area contributed by atoms with Crippen molar-refractivity contribution >= 4 is 17.6 Å². The number of carbonyl (C=O) groups is 2. The maximum absolute atomic E-state index is 12.7. The van der Waals surface area contributed by atoms with E-state index >= 15 is 0 Å². The third-order valence-corrected chi connectivity index (χ3v) is 3.80. The molecule has 7 nitrogen and oxygen atoms in total. The number of ketones is 1. The van der Waals surface area contributed by atoms with E-state index in [9.17, 15) is 19.7 Å². The van der Waals surface area contributed by atoms with Gasteiger partial charge in [0.2, 0.25) is 0 Å². The van der Waals surface area contributed by atoms with E-state index in [1.54, 1.807) is 20.8 Å². The molecule has 1 atom stereocenters. The monoisotopic (exact) mass is 334 g/mol. The van der Waals surface area contributed by atoms with Crippen molar-refractivity contribution in [3.63, 3.8) is 0 Å². The second kappa shape index (κ2) is 6.98. The van der Waals surface area contributed by atoms with Crippen LogP contribution in [0.25, 0.3) is 0 Å². The number of carbonyl (C=O) groups excluding carboxylic acids is 2. The first-order valence-corrected chi connectivity index (χ1v) is 7.97. The van der Waals surface area contributed by atoms with E-state index in [2.05, 4.69) is 0 Å². The standard InChI is InChI=1S/C17H22N2O5/c1-17(2,3)24-16(21)18-11-5-4-6-14(18)15(20)12-7-9-13(10-8-12)19(22)23/h7-10,14H,4-6,11H2,1-3H3. The SMILES string of the molecule is CC(C)(C)OC(=O)N1CCCCC1C(=O)c1ccc([N+](=O)[O-])cc1. The van der Waals surface area contributed by atoms with Gasteiger partial charge in [-0.15, -0.1) is 0 Å². The molecule has 7 heteroatoms. The number of rotatable bonds is 3. The summed E-state index contributed by atoms with van der Waals surface area (Å²) in [4.78, 5) is 36.8. The van der Waals surface area contributed by atoms with Crippen LogP contribution in [0.1, 0.15) is 50.4 Å². The number of piperidine rings is 1. The number of nitrogens with zero attached hydrogens (tertiary/aromatic N) is 2. The fourth-order valence-electron chi connectivity index (χ4n) is 2.68. The van der Waals surface area contributed by atoms with Crippen LogP contribution < -0.4 is 0 Å². The van der Waals surface area contributed by atoms with E-state index in [1.165, 1.54) is 29.2 Å². The minimum Gasteiger partial charge on any atom is -0.444 e. The lowest BCUT2D eigenvalue weighted by molar-refractivity contribution is -0.384. The number of nitro benzene ring substituents is 1. The third kappa shape index (κ3) is 4.31. The first-order valence-electron chi connectivity index (χ1n) is 7.97. The summed E-state index contributed by atoms with van der Waals surface area (Å²) in [5, 5.41) is 10.7. The summed E-state index contributed by atoms with van der Waals surface area (Å²) in [5.74, 6) is -0.213. The van der Waals surface area contributed by atoms with Gasteiger partial charge in [-0.05, 0) is 52.2 Å². The quantitative estimate of drug-likeness (QED) is 0.479. The molecule has 1 unspecified atom stereocenters. The molecular formula is C17H22N2O5. The fourth-order valence-corrected chi connectivity index (χ4v) is 2.68. The van der Waals surface area contributed by atoms with Crippen LogP contribution in [0.5, 0.6) is 0 Å². The van der Waals surface area contributed by atoms with Gasteiger partial charge in [-0.25, -0.2) is 4.79 Å². The van der Waals surface area contributed by atoms with Gasteiger partial charge in [-0.3, -0.25) is 19.8 Å². The van der Waals surface area contributed by atoms with Gasteiger partial charge in [-0.2, -0.15) is 0 Å². The molecule has 1 saturated heterocycles. The predicted molar refractivity (Wildman–Crippen MR) is 88.0 cm³/mol. The first kappa shape index (κ1) is 17.9. The van der Waals surface area contributed by atoms with Crippen LogP contribution in [0.2, 0.25) is 0 Å². The van der Waals surface area contributed by atoms with Crippen LogP contribution in [0, 0.1) is 10.1 Å². The first-order chi connectivity index (χ1) is 11.2. The highest BCUT2D eigenvalue weighted by Crippen LogP contribution is 2.24. The van der Waals surface area contributed by atoms with E-state index in [-0.39, 0.29) is 11.5 Å². The second-order valence-corrected chi connectivity index (χ2v) is 6.85. The molecule has 0 aliphatic carbocycles. The van der Waals surface area contributed by atoms with Crippen LogP contribution in [0.4, 0.5) is 10.5 Å². The number of likely N-dealkylation sites (tertiary alicyclic amines) is 1. The highest BCUT2D eigenvalue weighted by atomic mass is 16.6. The molecule has 130 valence electrons. The molecular weight excluding hydrogens is 312 g/mol. The van der Waals surface area contributed by atoms with Crippen molar-refractivity contribution in [1.29, 1.82) is 0 Å². The Morgan fingerprint density at radius 1 is 1.21 bits per heavy atom. The van der Waals surface area contributed by atoms with E-state index in [0.717, 1.165) is 12.8 Å². The summed E-state index contributed by atoms with van der Waals surface area (Å²) in [7, 11) is 0. The molecule has 0 aromatic heterocycles. The molecule has 0 N–H and O–H groups in total. The van der Waals surface area contributed by atoms with E-state index < -0.39 is 22.7 Å². The van der Waals surface area contributed by atoms with E-state index in [0.29, 0.717) is 18.5 Å². The number of Topliss-reactive ketones (excluding diaryl/α,β-unsaturated/α-hetero) is 1. The van der Waals surface area contributed by atoms with Gasteiger partial charge in [0.1, 0.15) is 5.60 Å².